The van der Waals surface area contributed by atoms with Gasteiger partial charge in [-0.2, -0.15) is 0 Å². The van der Waals surface area contributed by atoms with Crippen molar-refractivity contribution in [3.63, 3.8) is 0 Å². The number of nitrogens with zero attached hydrogens (tertiary/aromatic N) is 2. The molecule has 1 aromatic heterocycles. The summed E-state index contributed by atoms with van der Waals surface area (Å²) in [7, 11) is 1.79. The van der Waals surface area contributed by atoms with Crippen molar-refractivity contribution >= 4 is 12.0 Å². The van der Waals surface area contributed by atoms with E-state index in [-0.39, 0.29) is 5.41 Å². The molecule has 4 nitrogen and oxygen atoms in total. The predicted molar refractivity (Wildman–Crippen MR) is 58.2 cm³/mol. The van der Waals surface area contributed by atoms with Gasteiger partial charge in [-0.3, -0.25) is 0 Å². The van der Waals surface area contributed by atoms with Crippen LogP contribution in [0.2, 0.25) is 0 Å². The summed E-state index contributed by atoms with van der Waals surface area (Å²) >= 11 is 0. The molecule has 0 saturated heterocycles. The highest BCUT2D eigenvalue weighted by Gasteiger charge is 2.18. The highest BCUT2D eigenvalue weighted by molar-refractivity contribution is 5.83. The first kappa shape index (κ1) is 10.6. The molecule has 1 rings (SSSR count). The lowest BCUT2D eigenvalue weighted by Gasteiger charge is -2.17. The molecular weight excluding hydrogens is 176 g/mol. The van der Waals surface area contributed by atoms with Crippen molar-refractivity contribution in [3.05, 3.63) is 17.6 Å². The van der Waals surface area contributed by atoms with E-state index in [2.05, 4.69) is 36.1 Å². The molecule has 0 fully saturated rings. The zero-order valence-electron chi connectivity index (χ0n) is 9.05. The first-order valence-corrected chi connectivity index (χ1v) is 4.55. The summed E-state index contributed by atoms with van der Waals surface area (Å²) in [6, 6.07) is 0. The van der Waals surface area contributed by atoms with Gasteiger partial charge in [0.1, 0.15) is 11.6 Å². The van der Waals surface area contributed by atoms with E-state index < -0.39 is 0 Å². The fraction of sp³-hybridized carbons (Fsp3) is 0.500. The van der Waals surface area contributed by atoms with Gasteiger partial charge in [-0.1, -0.05) is 20.8 Å². The van der Waals surface area contributed by atoms with Crippen LogP contribution in [-0.4, -0.2) is 23.2 Å². The summed E-state index contributed by atoms with van der Waals surface area (Å²) in [4.78, 5) is 8.59. The van der Waals surface area contributed by atoms with Crippen molar-refractivity contribution in [3.8, 4) is 0 Å². The maximum Gasteiger partial charge on any atom is 0.138 e. The molecular formula is C10H16N4. The van der Waals surface area contributed by atoms with E-state index in [1.165, 1.54) is 6.21 Å². The molecule has 0 aliphatic heterocycles. The van der Waals surface area contributed by atoms with Crippen LogP contribution < -0.4 is 5.32 Å². The average molecular weight is 192 g/mol. The maximum atomic E-state index is 7.17. The minimum atomic E-state index is -0.0633. The molecule has 0 bridgehead atoms. The van der Waals surface area contributed by atoms with Crippen LogP contribution in [0.5, 0.6) is 0 Å². The third-order valence-corrected chi connectivity index (χ3v) is 1.88. The average Bonchev–Trinajstić information content (AvgIpc) is 2.15. The Morgan fingerprint density at radius 2 is 2.07 bits per heavy atom. The van der Waals surface area contributed by atoms with Crippen LogP contribution in [0.25, 0.3) is 0 Å². The van der Waals surface area contributed by atoms with E-state index >= 15 is 0 Å². The zero-order valence-corrected chi connectivity index (χ0v) is 9.05. The summed E-state index contributed by atoms with van der Waals surface area (Å²) in [5, 5.41) is 10.1. The minimum absolute atomic E-state index is 0.0633. The lowest BCUT2D eigenvalue weighted by Crippen LogP contribution is -2.17. The van der Waals surface area contributed by atoms with Crippen LogP contribution in [0.15, 0.2) is 6.20 Å². The first-order chi connectivity index (χ1) is 6.49. The van der Waals surface area contributed by atoms with Crippen LogP contribution in [-0.2, 0) is 5.41 Å². The van der Waals surface area contributed by atoms with Gasteiger partial charge in [0, 0.05) is 24.9 Å². The van der Waals surface area contributed by atoms with Gasteiger partial charge >= 0.3 is 0 Å². The van der Waals surface area contributed by atoms with E-state index in [0.717, 1.165) is 5.82 Å². The normalized spacial score (nSPS) is 11.1. The summed E-state index contributed by atoms with van der Waals surface area (Å²) < 4.78 is 0. The molecule has 4 heteroatoms. The molecule has 2 N–H and O–H groups in total. The number of hydrogen-bond acceptors (Lipinski definition) is 4. The quantitative estimate of drug-likeness (QED) is 0.702. The third-order valence-electron chi connectivity index (χ3n) is 1.88. The van der Waals surface area contributed by atoms with E-state index in [4.69, 9.17) is 5.41 Å². The van der Waals surface area contributed by atoms with Crippen molar-refractivity contribution in [2.24, 2.45) is 0 Å². The predicted octanol–water partition coefficient (Wildman–Crippen LogP) is 1.81. The molecule has 0 aliphatic rings. The Labute approximate surface area is 84.3 Å². The first-order valence-electron chi connectivity index (χ1n) is 4.55. The Kier molecular flexibility index (Phi) is 2.84. The number of anilines is 1. The van der Waals surface area contributed by atoms with Crippen LogP contribution >= 0.6 is 0 Å². The van der Waals surface area contributed by atoms with E-state index in [1.54, 1.807) is 13.2 Å². The molecule has 0 aromatic carbocycles. The lowest BCUT2D eigenvalue weighted by atomic mass is 9.95. The number of hydrogen-bond donors (Lipinski definition) is 2. The van der Waals surface area contributed by atoms with Crippen LogP contribution in [0.1, 0.15) is 32.2 Å². The molecule has 76 valence electrons. The molecule has 0 aliphatic carbocycles. The Morgan fingerprint density at radius 1 is 1.43 bits per heavy atom. The second kappa shape index (κ2) is 3.74. The van der Waals surface area contributed by atoms with Crippen LogP contribution in [0.3, 0.4) is 0 Å². The number of rotatable bonds is 2. The van der Waals surface area contributed by atoms with Crippen LogP contribution in [0.4, 0.5) is 5.82 Å². The van der Waals surface area contributed by atoms with Gasteiger partial charge in [-0.25, -0.2) is 9.97 Å². The van der Waals surface area contributed by atoms with E-state index in [9.17, 15) is 0 Å². The monoisotopic (exact) mass is 192 g/mol. The molecule has 0 atom stereocenters. The maximum absolute atomic E-state index is 7.17. The second-order valence-corrected chi connectivity index (χ2v) is 4.14. The van der Waals surface area contributed by atoms with Gasteiger partial charge in [-0.15, -0.1) is 0 Å². The van der Waals surface area contributed by atoms with Crippen LogP contribution in [0, 0.1) is 5.41 Å². The highest BCUT2D eigenvalue weighted by atomic mass is 15.0. The molecule has 0 amide bonds. The number of aromatic nitrogens is 2. The van der Waals surface area contributed by atoms with Crippen molar-refractivity contribution < 1.29 is 0 Å². The molecule has 0 saturated carbocycles. The fourth-order valence-corrected chi connectivity index (χ4v) is 1.06. The smallest absolute Gasteiger partial charge is 0.138 e. The Bertz CT molecular complexity index is 338. The van der Waals surface area contributed by atoms with Crippen molar-refractivity contribution in [1.82, 2.24) is 9.97 Å². The van der Waals surface area contributed by atoms with Crippen molar-refractivity contribution in [2.45, 2.75) is 26.2 Å². The Morgan fingerprint density at radius 3 is 2.50 bits per heavy atom. The summed E-state index contributed by atoms with van der Waals surface area (Å²) in [5.74, 6) is 1.49. The fourth-order valence-electron chi connectivity index (χ4n) is 1.06. The Balaban J connectivity index is 3.21. The minimum Gasteiger partial charge on any atom is -0.372 e. The standard InChI is InChI=1S/C10H16N4/c1-10(2,3)9-13-6-7(5-11)8(12-4)14-9/h5-6,11H,1-4H3,(H,12,13,14). The van der Waals surface area contributed by atoms with Gasteiger partial charge < -0.3 is 10.7 Å². The molecule has 0 radical (unpaired) electrons. The highest BCUT2D eigenvalue weighted by Crippen LogP contribution is 2.20. The molecule has 0 unspecified atom stereocenters. The molecule has 0 spiro atoms. The largest absolute Gasteiger partial charge is 0.372 e. The summed E-state index contributed by atoms with van der Waals surface area (Å²) in [5.41, 5.74) is 0.645. The second-order valence-electron chi connectivity index (χ2n) is 4.14. The van der Waals surface area contributed by atoms with Gasteiger partial charge in [0.2, 0.25) is 0 Å². The van der Waals surface area contributed by atoms with E-state index in [1.807, 2.05) is 0 Å². The van der Waals surface area contributed by atoms with Gasteiger partial charge in [0.05, 0.1) is 5.56 Å². The molecule has 14 heavy (non-hydrogen) atoms. The molecule has 1 heterocycles. The zero-order chi connectivity index (χ0) is 10.8. The Hall–Kier alpha value is -1.45. The lowest BCUT2D eigenvalue weighted by molar-refractivity contribution is 0.546. The number of nitrogens with one attached hydrogen (secondary N) is 2. The third kappa shape index (κ3) is 2.07. The summed E-state index contributed by atoms with van der Waals surface area (Å²) in [6.07, 6.45) is 2.92. The molecule has 1 aromatic rings. The SMILES string of the molecule is CNc1nc(C(C)(C)C)ncc1C=N. The van der Waals surface area contributed by atoms with Crippen molar-refractivity contribution in [2.75, 3.05) is 12.4 Å². The van der Waals surface area contributed by atoms with Gasteiger partial charge in [0.15, 0.2) is 0 Å². The summed E-state index contributed by atoms with van der Waals surface area (Å²) in [6.45, 7) is 6.18. The topological polar surface area (TPSA) is 61.7 Å². The van der Waals surface area contributed by atoms with Gasteiger partial charge in [0.25, 0.3) is 0 Å². The van der Waals surface area contributed by atoms with Crippen molar-refractivity contribution in [1.29, 1.82) is 5.41 Å². The van der Waals surface area contributed by atoms with E-state index in [0.29, 0.717) is 11.4 Å². The van der Waals surface area contributed by atoms with Gasteiger partial charge in [-0.05, 0) is 0 Å².